The summed E-state index contributed by atoms with van der Waals surface area (Å²) in [6.07, 6.45) is 3.52. The van der Waals surface area contributed by atoms with E-state index in [9.17, 15) is 5.11 Å². The van der Waals surface area contributed by atoms with E-state index < -0.39 is 0 Å². The molecule has 5 nitrogen and oxygen atoms in total. The topological polar surface area (TPSA) is 73.8 Å². The lowest BCUT2D eigenvalue weighted by molar-refractivity contribution is 0.285. The molecule has 4 heterocycles. The summed E-state index contributed by atoms with van der Waals surface area (Å²) in [5.41, 5.74) is 3.02. The zero-order chi connectivity index (χ0) is 17.5. The fraction of sp³-hybridized carbons (Fsp3) is 0.0526. The molecule has 128 valence electrons. The van der Waals surface area contributed by atoms with Crippen molar-refractivity contribution >= 4 is 55.3 Å². The van der Waals surface area contributed by atoms with Gasteiger partial charge >= 0.3 is 0 Å². The maximum Gasteiger partial charge on any atom is 0.151 e. The lowest BCUT2D eigenvalue weighted by atomic mass is 10.2. The van der Waals surface area contributed by atoms with Gasteiger partial charge in [-0.05, 0) is 42.5 Å². The molecule has 4 aromatic heterocycles. The zero-order valence-corrected chi connectivity index (χ0v) is 15.2. The Hall–Kier alpha value is -2.74. The molecule has 7 heteroatoms. The van der Waals surface area contributed by atoms with Gasteiger partial charge in [0.05, 0.1) is 16.8 Å². The molecule has 26 heavy (non-hydrogen) atoms. The Morgan fingerprint density at radius 1 is 1.00 bits per heavy atom. The average molecular weight is 378 g/mol. The summed E-state index contributed by atoms with van der Waals surface area (Å²) < 4.78 is 1.02. The molecule has 3 N–H and O–H groups in total. The second kappa shape index (κ2) is 6.21. The molecule has 0 bridgehead atoms. The van der Waals surface area contributed by atoms with Crippen LogP contribution in [0, 0.1) is 0 Å². The Labute approximate surface area is 157 Å². The minimum absolute atomic E-state index is 0.0732. The fourth-order valence-corrected chi connectivity index (χ4v) is 4.93. The lowest BCUT2D eigenvalue weighted by Gasteiger charge is -2.06. The maximum absolute atomic E-state index is 9.28. The summed E-state index contributed by atoms with van der Waals surface area (Å²) in [6.45, 7) is 0.0732. The first-order chi connectivity index (χ1) is 12.8. The minimum atomic E-state index is 0.0732. The number of thiophene rings is 2. The van der Waals surface area contributed by atoms with E-state index in [0.29, 0.717) is 0 Å². The molecule has 0 atom stereocenters. The van der Waals surface area contributed by atoms with Crippen molar-refractivity contribution in [1.29, 1.82) is 0 Å². The highest BCUT2D eigenvalue weighted by Gasteiger charge is 2.12. The maximum atomic E-state index is 9.28. The number of nitrogens with one attached hydrogen (secondary N) is 2. The van der Waals surface area contributed by atoms with E-state index in [-0.39, 0.29) is 6.61 Å². The quantitative estimate of drug-likeness (QED) is 0.405. The molecule has 0 aliphatic carbocycles. The van der Waals surface area contributed by atoms with Crippen molar-refractivity contribution in [3.63, 3.8) is 0 Å². The first-order valence-corrected chi connectivity index (χ1v) is 9.72. The van der Waals surface area contributed by atoms with Crippen molar-refractivity contribution in [3.8, 4) is 9.75 Å². The van der Waals surface area contributed by atoms with E-state index in [1.807, 2.05) is 24.4 Å². The van der Waals surface area contributed by atoms with Crippen LogP contribution in [0.4, 0.5) is 11.5 Å². The molecule has 0 saturated carbocycles. The van der Waals surface area contributed by atoms with Crippen LogP contribution in [0.3, 0.4) is 0 Å². The molecule has 0 spiro atoms. The van der Waals surface area contributed by atoms with Gasteiger partial charge in [0.15, 0.2) is 5.82 Å². The van der Waals surface area contributed by atoms with Crippen molar-refractivity contribution < 1.29 is 5.11 Å². The Balaban J connectivity index is 1.54. The Kier molecular flexibility index (Phi) is 3.70. The van der Waals surface area contributed by atoms with E-state index in [1.165, 1.54) is 0 Å². The number of fused-ring (bicyclic) bond motifs is 2. The van der Waals surface area contributed by atoms with E-state index in [2.05, 4.69) is 44.5 Å². The van der Waals surface area contributed by atoms with E-state index in [1.54, 1.807) is 29.0 Å². The molecule has 0 fully saturated rings. The van der Waals surface area contributed by atoms with Crippen LogP contribution in [0.2, 0.25) is 0 Å². The summed E-state index contributed by atoms with van der Waals surface area (Å²) in [5, 5.41) is 13.9. The fourth-order valence-electron chi connectivity index (χ4n) is 2.93. The normalized spacial score (nSPS) is 11.4. The minimum Gasteiger partial charge on any atom is -0.391 e. The van der Waals surface area contributed by atoms with Gasteiger partial charge in [0, 0.05) is 37.4 Å². The summed E-state index contributed by atoms with van der Waals surface area (Å²) in [7, 11) is 0. The summed E-state index contributed by atoms with van der Waals surface area (Å²) >= 11 is 3.26. The highest BCUT2D eigenvalue weighted by molar-refractivity contribution is 7.26. The first-order valence-electron chi connectivity index (χ1n) is 8.09. The van der Waals surface area contributed by atoms with Crippen LogP contribution < -0.4 is 5.32 Å². The van der Waals surface area contributed by atoms with Crippen LogP contribution in [-0.2, 0) is 6.61 Å². The second-order valence-electron chi connectivity index (χ2n) is 5.88. The van der Waals surface area contributed by atoms with Gasteiger partial charge in [0.1, 0.15) is 6.33 Å². The van der Waals surface area contributed by atoms with Gasteiger partial charge in [0.2, 0.25) is 0 Å². The molecule has 0 amide bonds. The van der Waals surface area contributed by atoms with Gasteiger partial charge in [-0.2, -0.15) is 0 Å². The standard InChI is InChI=1S/C19H14N4OS2/c24-9-13-2-4-16(25-13)17-8-15-18(26-17)19(22-10-21-15)23-12-1-3-14-11(7-12)5-6-20-14/h1-8,10,20,24H,9H2,(H,21,22,23). The third kappa shape index (κ3) is 2.66. The van der Waals surface area contributed by atoms with E-state index in [4.69, 9.17) is 0 Å². The third-order valence-corrected chi connectivity index (χ3v) is 6.58. The number of anilines is 2. The predicted octanol–water partition coefficient (Wildman–Crippen LogP) is 5.14. The highest BCUT2D eigenvalue weighted by Crippen LogP contribution is 2.39. The molecule has 5 rings (SSSR count). The number of aliphatic hydroxyl groups excluding tert-OH is 1. The molecular weight excluding hydrogens is 364 g/mol. The third-order valence-electron chi connectivity index (χ3n) is 4.19. The number of hydrogen-bond acceptors (Lipinski definition) is 6. The summed E-state index contributed by atoms with van der Waals surface area (Å²) in [6, 6.07) is 14.3. The van der Waals surface area contributed by atoms with Crippen LogP contribution in [0.1, 0.15) is 4.88 Å². The first kappa shape index (κ1) is 15.5. The number of aromatic nitrogens is 3. The number of aromatic amines is 1. The summed E-state index contributed by atoms with van der Waals surface area (Å²) in [5.74, 6) is 0.806. The highest BCUT2D eigenvalue weighted by atomic mass is 32.1. The molecule has 0 aliphatic rings. The lowest BCUT2D eigenvalue weighted by Crippen LogP contribution is -1.94. The summed E-state index contributed by atoms with van der Waals surface area (Å²) in [4.78, 5) is 15.3. The van der Waals surface area contributed by atoms with Crippen molar-refractivity contribution in [2.45, 2.75) is 6.61 Å². The van der Waals surface area contributed by atoms with Crippen molar-refractivity contribution in [1.82, 2.24) is 15.0 Å². The van der Waals surface area contributed by atoms with E-state index >= 15 is 0 Å². The number of rotatable bonds is 4. The largest absolute Gasteiger partial charge is 0.391 e. The van der Waals surface area contributed by atoms with Crippen LogP contribution in [0.25, 0.3) is 30.9 Å². The second-order valence-corrected chi connectivity index (χ2v) is 8.10. The van der Waals surface area contributed by atoms with Crippen molar-refractivity contribution in [2.24, 2.45) is 0 Å². The Morgan fingerprint density at radius 2 is 1.96 bits per heavy atom. The predicted molar refractivity (Wildman–Crippen MR) is 108 cm³/mol. The van der Waals surface area contributed by atoms with Gasteiger partial charge in [0.25, 0.3) is 0 Å². The van der Waals surface area contributed by atoms with Crippen LogP contribution in [-0.4, -0.2) is 20.1 Å². The molecular formula is C19H14N4OS2. The number of aliphatic hydroxyl groups is 1. The molecule has 5 aromatic rings. The van der Waals surface area contributed by atoms with Gasteiger partial charge in [-0.15, -0.1) is 22.7 Å². The van der Waals surface area contributed by atoms with Crippen molar-refractivity contribution in [3.05, 3.63) is 59.9 Å². The van der Waals surface area contributed by atoms with Crippen LogP contribution in [0.5, 0.6) is 0 Å². The van der Waals surface area contributed by atoms with E-state index in [0.717, 1.165) is 47.3 Å². The molecule has 0 unspecified atom stereocenters. The number of nitrogens with zero attached hydrogens (tertiary/aromatic N) is 2. The van der Waals surface area contributed by atoms with Gasteiger partial charge in [-0.25, -0.2) is 9.97 Å². The Bertz CT molecular complexity index is 1220. The van der Waals surface area contributed by atoms with Crippen molar-refractivity contribution in [2.75, 3.05) is 5.32 Å². The Morgan fingerprint density at radius 3 is 2.85 bits per heavy atom. The average Bonchev–Trinajstić information content (AvgIpc) is 3.39. The molecule has 0 aliphatic heterocycles. The molecule has 0 radical (unpaired) electrons. The van der Waals surface area contributed by atoms with Gasteiger partial charge in [-0.1, -0.05) is 0 Å². The molecule has 1 aromatic carbocycles. The van der Waals surface area contributed by atoms with Gasteiger partial charge < -0.3 is 15.4 Å². The smallest absolute Gasteiger partial charge is 0.151 e. The monoisotopic (exact) mass is 378 g/mol. The number of benzene rings is 1. The van der Waals surface area contributed by atoms with Crippen LogP contribution >= 0.6 is 22.7 Å². The van der Waals surface area contributed by atoms with Gasteiger partial charge in [-0.3, -0.25) is 0 Å². The number of hydrogen-bond donors (Lipinski definition) is 3. The number of H-pyrrole nitrogens is 1. The SMILES string of the molecule is OCc1ccc(-c2cc3ncnc(Nc4ccc5[nH]ccc5c4)c3s2)s1. The van der Waals surface area contributed by atoms with Crippen LogP contribution in [0.15, 0.2) is 55.0 Å². The molecule has 0 saturated heterocycles. The zero-order valence-electron chi connectivity index (χ0n) is 13.6.